The second kappa shape index (κ2) is 10.7. The summed E-state index contributed by atoms with van der Waals surface area (Å²) in [5.41, 5.74) is 0.129. The van der Waals surface area contributed by atoms with Crippen LogP contribution in [0.4, 0.5) is 15.8 Å². The molecule has 3 aromatic rings. The van der Waals surface area contributed by atoms with Crippen molar-refractivity contribution in [1.82, 2.24) is 20.1 Å². The van der Waals surface area contributed by atoms with Gasteiger partial charge in [0, 0.05) is 24.9 Å². The minimum Gasteiger partial charge on any atom is -0.345 e. The number of nitrogens with zero attached hydrogens (tertiary/aromatic N) is 4. The average molecular weight is 473 g/mol. The van der Waals surface area contributed by atoms with Crippen LogP contribution < -0.4 is 10.6 Å². The topological polar surface area (TPSA) is 132 Å². The quantitative estimate of drug-likeness (QED) is 0.277. The number of aromatic nitrogens is 3. The molecule has 1 heterocycles. The molecule has 1 unspecified atom stereocenters. The molecule has 1 aromatic heterocycles. The highest BCUT2D eigenvalue weighted by Crippen LogP contribution is 2.26. The number of rotatable bonds is 9. The third-order valence-corrected chi connectivity index (χ3v) is 6.08. The molecule has 33 heavy (non-hydrogen) atoms. The van der Waals surface area contributed by atoms with Gasteiger partial charge in [-0.15, -0.1) is 10.2 Å². The number of halogens is 1. The first-order chi connectivity index (χ1) is 15.8. The molecule has 1 atom stereocenters. The number of hydrogen-bond donors (Lipinski definition) is 2. The highest BCUT2D eigenvalue weighted by Gasteiger charge is 2.22. The molecule has 0 saturated carbocycles. The van der Waals surface area contributed by atoms with Crippen molar-refractivity contribution in [2.24, 2.45) is 7.05 Å². The van der Waals surface area contributed by atoms with Gasteiger partial charge in [0.1, 0.15) is 5.82 Å². The summed E-state index contributed by atoms with van der Waals surface area (Å²) in [6.45, 7) is 1.85. The summed E-state index contributed by atoms with van der Waals surface area (Å²) in [6.07, 6.45) is 0.470. The number of hydrogen-bond acceptors (Lipinski definition) is 7. The van der Waals surface area contributed by atoms with Gasteiger partial charge in [-0.05, 0) is 24.6 Å². The Kier molecular flexibility index (Phi) is 7.72. The van der Waals surface area contributed by atoms with Gasteiger partial charge in [-0.3, -0.25) is 19.7 Å². The van der Waals surface area contributed by atoms with Crippen LogP contribution in [0.1, 0.15) is 29.5 Å². The smallest absolute Gasteiger partial charge is 0.271 e. The van der Waals surface area contributed by atoms with Crippen LogP contribution in [0.15, 0.2) is 53.7 Å². The van der Waals surface area contributed by atoms with Gasteiger partial charge in [-0.25, -0.2) is 4.39 Å². The van der Waals surface area contributed by atoms with Gasteiger partial charge >= 0.3 is 0 Å². The van der Waals surface area contributed by atoms with Gasteiger partial charge < -0.3 is 15.2 Å². The van der Waals surface area contributed by atoms with Gasteiger partial charge in [0.05, 0.1) is 22.3 Å². The number of nitro benzene ring substituents is 1. The van der Waals surface area contributed by atoms with Crippen LogP contribution in [0.2, 0.25) is 0 Å². The van der Waals surface area contributed by atoms with Crippen molar-refractivity contribution in [1.29, 1.82) is 0 Å². The standard InChI is InChI=1S/C21H21FN6O4S/c1-3-17(20(30)24-13-7-6-8-14(11-13)28(31)32)33-21-26-25-18(27(21)2)12-23-19(29)15-9-4-5-10-16(15)22/h4-11,17H,3,12H2,1-2H3,(H,23,29)(H,24,30). The molecule has 172 valence electrons. The third-order valence-electron chi connectivity index (χ3n) is 4.69. The van der Waals surface area contributed by atoms with E-state index < -0.39 is 21.9 Å². The van der Waals surface area contributed by atoms with E-state index in [9.17, 15) is 24.1 Å². The summed E-state index contributed by atoms with van der Waals surface area (Å²) in [5.74, 6) is -1.10. The van der Waals surface area contributed by atoms with E-state index in [0.717, 1.165) is 0 Å². The monoisotopic (exact) mass is 472 g/mol. The van der Waals surface area contributed by atoms with Crippen molar-refractivity contribution in [3.63, 3.8) is 0 Å². The zero-order chi connectivity index (χ0) is 24.0. The molecule has 2 N–H and O–H groups in total. The number of anilines is 1. The van der Waals surface area contributed by atoms with E-state index in [0.29, 0.717) is 23.1 Å². The van der Waals surface area contributed by atoms with Crippen molar-refractivity contribution >= 4 is 35.0 Å². The molecule has 3 rings (SSSR count). The number of thioether (sulfide) groups is 1. The van der Waals surface area contributed by atoms with E-state index in [4.69, 9.17) is 0 Å². The number of benzene rings is 2. The first-order valence-corrected chi connectivity index (χ1v) is 10.8. The van der Waals surface area contributed by atoms with E-state index in [1.54, 1.807) is 23.7 Å². The molecule has 0 bridgehead atoms. The minimum atomic E-state index is -0.621. The van der Waals surface area contributed by atoms with E-state index in [-0.39, 0.29) is 23.7 Å². The van der Waals surface area contributed by atoms with Crippen molar-refractivity contribution < 1.29 is 18.9 Å². The Morgan fingerprint density at radius 2 is 1.97 bits per heavy atom. The number of non-ortho nitro benzene ring substituents is 1. The average Bonchev–Trinajstić information content (AvgIpc) is 3.15. The molecule has 10 nitrogen and oxygen atoms in total. The Labute approximate surface area is 192 Å². The maximum absolute atomic E-state index is 13.8. The highest BCUT2D eigenvalue weighted by molar-refractivity contribution is 8.00. The fourth-order valence-corrected chi connectivity index (χ4v) is 3.81. The number of nitrogens with one attached hydrogen (secondary N) is 2. The number of carbonyl (C=O) groups excluding carboxylic acids is 2. The molecule has 12 heteroatoms. The number of carbonyl (C=O) groups is 2. The van der Waals surface area contributed by atoms with Gasteiger partial charge in [0.2, 0.25) is 5.91 Å². The van der Waals surface area contributed by atoms with Crippen LogP contribution in [0.5, 0.6) is 0 Å². The molecule has 2 amide bonds. The molecule has 0 aliphatic carbocycles. The molecule has 2 aromatic carbocycles. The SMILES string of the molecule is CCC(Sc1nnc(CNC(=O)c2ccccc2F)n1C)C(=O)Nc1cccc([N+](=O)[O-])c1. The zero-order valence-corrected chi connectivity index (χ0v) is 18.6. The second-order valence-electron chi connectivity index (χ2n) is 6.93. The summed E-state index contributed by atoms with van der Waals surface area (Å²) in [7, 11) is 1.69. The summed E-state index contributed by atoms with van der Waals surface area (Å²) < 4.78 is 15.4. The fraction of sp³-hybridized carbons (Fsp3) is 0.238. The first-order valence-electron chi connectivity index (χ1n) is 9.93. The predicted molar refractivity (Wildman–Crippen MR) is 120 cm³/mol. The Morgan fingerprint density at radius 1 is 1.21 bits per heavy atom. The fourth-order valence-electron chi connectivity index (χ4n) is 2.87. The summed E-state index contributed by atoms with van der Waals surface area (Å²) in [4.78, 5) is 35.3. The van der Waals surface area contributed by atoms with Crippen LogP contribution in [-0.2, 0) is 18.4 Å². The Hall–Kier alpha value is -3.80. The van der Waals surface area contributed by atoms with Crippen LogP contribution >= 0.6 is 11.8 Å². The van der Waals surface area contributed by atoms with E-state index >= 15 is 0 Å². The molecule has 0 saturated heterocycles. The van der Waals surface area contributed by atoms with E-state index in [1.807, 2.05) is 6.92 Å². The van der Waals surface area contributed by atoms with Gasteiger partial charge in [0.15, 0.2) is 11.0 Å². The lowest BCUT2D eigenvalue weighted by molar-refractivity contribution is -0.384. The van der Waals surface area contributed by atoms with Gasteiger partial charge in [0.25, 0.3) is 11.6 Å². The van der Waals surface area contributed by atoms with Crippen molar-refractivity contribution in [3.8, 4) is 0 Å². The summed E-state index contributed by atoms with van der Waals surface area (Å²) in [6, 6.07) is 11.3. The Morgan fingerprint density at radius 3 is 2.67 bits per heavy atom. The Bertz CT molecular complexity index is 1190. The molecule has 0 radical (unpaired) electrons. The summed E-state index contributed by atoms with van der Waals surface area (Å²) >= 11 is 1.18. The maximum atomic E-state index is 13.8. The largest absolute Gasteiger partial charge is 0.345 e. The maximum Gasteiger partial charge on any atom is 0.271 e. The minimum absolute atomic E-state index is 0.0217. The van der Waals surface area contributed by atoms with Crippen LogP contribution in [-0.4, -0.2) is 36.8 Å². The van der Waals surface area contributed by atoms with Crippen LogP contribution in [0, 0.1) is 15.9 Å². The lowest BCUT2D eigenvalue weighted by Crippen LogP contribution is -2.26. The normalized spacial score (nSPS) is 11.6. The molecule has 0 aliphatic rings. The lowest BCUT2D eigenvalue weighted by Gasteiger charge is -2.14. The van der Waals surface area contributed by atoms with Crippen LogP contribution in [0.25, 0.3) is 0 Å². The van der Waals surface area contributed by atoms with Crippen LogP contribution in [0.3, 0.4) is 0 Å². The van der Waals surface area contributed by atoms with E-state index in [1.165, 1.54) is 48.2 Å². The third kappa shape index (κ3) is 5.92. The number of amides is 2. The molecular formula is C21H21FN6O4S. The van der Waals surface area contributed by atoms with Crippen molar-refractivity contribution in [3.05, 3.63) is 75.9 Å². The highest BCUT2D eigenvalue weighted by atomic mass is 32.2. The molecule has 0 fully saturated rings. The lowest BCUT2D eigenvalue weighted by atomic mass is 10.2. The van der Waals surface area contributed by atoms with Crippen molar-refractivity contribution in [2.45, 2.75) is 30.3 Å². The molecule has 0 spiro atoms. The molecular weight excluding hydrogens is 451 g/mol. The van der Waals surface area contributed by atoms with Crippen molar-refractivity contribution in [2.75, 3.05) is 5.32 Å². The molecule has 0 aliphatic heterocycles. The summed E-state index contributed by atoms with van der Waals surface area (Å²) in [5, 5.41) is 24.3. The second-order valence-corrected chi connectivity index (χ2v) is 8.10. The number of nitro groups is 1. The van der Waals surface area contributed by atoms with Gasteiger partial charge in [-0.1, -0.05) is 36.9 Å². The first kappa shape index (κ1) is 23.9. The Balaban J connectivity index is 1.63. The predicted octanol–water partition coefficient (Wildman–Crippen LogP) is 3.30. The van der Waals surface area contributed by atoms with E-state index in [2.05, 4.69) is 20.8 Å². The zero-order valence-electron chi connectivity index (χ0n) is 17.8. The van der Waals surface area contributed by atoms with Gasteiger partial charge in [-0.2, -0.15) is 0 Å².